The maximum absolute atomic E-state index is 11.5. The Bertz CT molecular complexity index is 583. The van der Waals surface area contributed by atoms with Crippen molar-refractivity contribution in [1.82, 2.24) is 0 Å². The van der Waals surface area contributed by atoms with Crippen molar-refractivity contribution in [2.24, 2.45) is 0 Å². The summed E-state index contributed by atoms with van der Waals surface area (Å²) in [6, 6.07) is 0. The van der Waals surface area contributed by atoms with Gasteiger partial charge < -0.3 is 18.9 Å². The predicted molar refractivity (Wildman–Crippen MR) is 96.6 cm³/mol. The summed E-state index contributed by atoms with van der Waals surface area (Å²) < 4.78 is 18.9. The van der Waals surface area contributed by atoms with E-state index in [4.69, 9.17) is 59.2 Å². The molecule has 0 aliphatic carbocycles. The maximum Gasteiger partial charge on any atom is 0.303 e. The minimum Gasteiger partial charge on any atom is -0.459 e. The van der Waals surface area contributed by atoms with Gasteiger partial charge in [-0.15, -0.1) is 11.8 Å². The lowest BCUT2D eigenvalue weighted by Crippen LogP contribution is -2.58. The quantitative estimate of drug-likeness (QED) is 0.229. The average molecular weight is 451 g/mol. The van der Waals surface area contributed by atoms with Crippen LogP contribution in [0.5, 0.6) is 0 Å². The first kappa shape index (κ1) is 23.1. The van der Waals surface area contributed by atoms with Gasteiger partial charge in [-0.2, -0.15) is 0 Å². The van der Waals surface area contributed by atoms with E-state index in [2.05, 4.69) is 0 Å². The zero-order chi connectivity index (χ0) is 20.2. The normalized spacial score (nSPS) is 28.7. The number of nitrogens with one attached hydrogen (secondary N) is 1. The molecule has 12 heteroatoms. The second-order valence-corrected chi connectivity index (χ2v) is 9.14. The maximum atomic E-state index is 11.5. The Hall–Kier alpha value is -0.900. The Balaban J connectivity index is 3.21. The number of alkyl halides is 3. The van der Waals surface area contributed by atoms with E-state index in [-0.39, 0.29) is 0 Å². The van der Waals surface area contributed by atoms with E-state index in [0.717, 1.165) is 25.6 Å². The number of thioether (sulfide) groups is 1. The molecule has 0 aromatic carbocycles. The van der Waals surface area contributed by atoms with E-state index in [1.54, 1.807) is 6.92 Å². The molecule has 1 N–H and O–H groups in total. The van der Waals surface area contributed by atoms with Gasteiger partial charge in [0.1, 0.15) is 0 Å². The van der Waals surface area contributed by atoms with E-state index < -0.39 is 56.6 Å². The Kier molecular flexibility index (Phi) is 8.32. The molecule has 0 aromatic heterocycles. The van der Waals surface area contributed by atoms with Crippen LogP contribution < -0.4 is 0 Å². The lowest BCUT2D eigenvalue weighted by atomic mass is 10.0. The molecule has 1 fully saturated rings. The summed E-state index contributed by atoms with van der Waals surface area (Å²) in [7, 11) is 0. The molecule has 0 unspecified atom stereocenters. The number of hydrogen-bond acceptors (Lipinski definition) is 9. The van der Waals surface area contributed by atoms with Crippen LogP contribution in [0.15, 0.2) is 0 Å². The third-order valence-electron chi connectivity index (χ3n) is 3.12. The molecule has 1 aliphatic rings. The van der Waals surface area contributed by atoms with Crippen molar-refractivity contribution in [3.8, 4) is 0 Å². The fraction of sp³-hybridized carbons (Fsp3) is 0.714. The van der Waals surface area contributed by atoms with Crippen LogP contribution in [-0.4, -0.2) is 56.6 Å². The lowest BCUT2D eigenvalue weighted by Gasteiger charge is -2.43. The van der Waals surface area contributed by atoms with Crippen molar-refractivity contribution in [2.75, 3.05) is 0 Å². The zero-order valence-corrected chi connectivity index (χ0v) is 17.4. The first-order valence-corrected chi connectivity index (χ1v) is 9.40. The standard InChI is InChI=1S/C14H18Cl3NO7S/c1-5-9(22-6(2)19)10(23-7(3)20)11(24-8(4)21)12(26-5)25-13(18)14(15,16)17/h5,9-12,18H,1-4H3/t5-,9+,10+,11-,12+/m0/s1. The number of esters is 3. The van der Waals surface area contributed by atoms with Gasteiger partial charge in [-0.25, -0.2) is 0 Å². The van der Waals surface area contributed by atoms with Crippen molar-refractivity contribution in [3.05, 3.63) is 0 Å². The van der Waals surface area contributed by atoms with Gasteiger partial charge in [0.2, 0.25) is 5.90 Å². The SMILES string of the molecule is CC(=O)O[C@@H]1[C@H](OC(C)=O)[C@H](C)S[C@@H](OC(=N)C(Cl)(Cl)Cl)[C@H]1OC(C)=O. The van der Waals surface area contributed by atoms with E-state index in [0.29, 0.717) is 0 Å². The first-order valence-electron chi connectivity index (χ1n) is 7.32. The molecule has 0 radical (unpaired) electrons. The molecule has 1 rings (SSSR count). The van der Waals surface area contributed by atoms with Gasteiger partial charge in [-0.3, -0.25) is 19.8 Å². The molecular formula is C14H18Cl3NO7S. The molecule has 26 heavy (non-hydrogen) atoms. The van der Waals surface area contributed by atoms with Crippen LogP contribution in [0.4, 0.5) is 0 Å². The van der Waals surface area contributed by atoms with E-state index >= 15 is 0 Å². The minimum absolute atomic E-state index is 0.441. The molecular weight excluding hydrogens is 433 g/mol. The third kappa shape index (κ3) is 6.68. The molecule has 0 bridgehead atoms. The molecule has 0 saturated carbocycles. The summed E-state index contributed by atoms with van der Waals surface area (Å²) in [5.41, 5.74) is -1.03. The summed E-state index contributed by atoms with van der Waals surface area (Å²) in [4.78, 5) is 34.4. The van der Waals surface area contributed by atoms with Gasteiger partial charge in [0.05, 0.1) is 0 Å². The molecule has 148 valence electrons. The third-order valence-corrected chi connectivity index (χ3v) is 4.97. The topological polar surface area (TPSA) is 112 Å². The van der Waals surface area contributed by atoms with E-state index in [1.807, 2.05) is 0 Å². The number of hydrogen-bond donors (Lipinski definition) is 1. The van der Waals surface area contributed by atoms with E-state index in [9.17, 15) is 14.4 Å². The Morgan fingerprint density at radius 2 is 1.27 bits per heavy atom. The van der Waals surface area contributed by atoms with E-state index in [1.165, 1.54) is 6.92 Å². The van der Waals surface area contributed by atoms with Gasteiger partial charge in [0, 0.05) is 26.0 Å². The number of halogens is 3. The Labute approximate surface area is 169 Å². The van der Waals surface area contributed by atoms with Crippen LogP contribution in [0.25, 0.3) is 0 Å². The number of carbonyl (C=O) groups is 3. The predicted octanol–water partition coefficient (Wildman–Crippen LogP) is 2.61. The fourth-order valence-corrected chi connectivity index (χ4v) is 3.69. The molecule has 1 heterocycles. The molecule has 1 saturated heterocycles. The molecule has 0 aromatic rings. The van der Waals surface area contributed by atoms with Crippen molar-refractivity contribution in [1.29, 1.82) is 5.41 Å². The average Bonchev–Trinajstić information content (AvgIpc) is 2.44. The second-order valence-electron chi connectivity index (χ2n) is 5.38. The summed E-state index contributed by atoms with van der Waals surface area (Å²) in [6.45, 7) is 5.19. The largest absolute Gasteiger partial charge is 0.459 e. The highest BCUT2D eigenvalue weighted by molar-refractivity contribution is 8.00. The minimum atomic E-state index is -2.13. The summed E-state index contributed by atoms with van der Waals surface area (Å²) in [5, 5.41) is 7.28. The number of carbonyl (C=O) groups excluding carboxylic acids is 3. The van der Waals surface area contributed by atoms with Crippen LogP contribution in [0.1, 0.15) is 27.7 Å². The first-order chi connectivity index (χ1) is 11.8. The molecule has 1 aliphatic heterocycles. The molecule has 0 amide bonds. The summed E-state index contributed by atoms with van der Waals surface area (Å²) in [6.07, 6.45) is -3.27. The highest BCUT2D eigenvalue weighted by Crippen LogP contribution is 2.40. The Morgan fingerprint density at radius 3 is 1.69 bits per heavy atom. The fourth-order valence-electron chi connectivity index (χ4n) is 2.25. The monoisotopic (exact) mass is 449 g/mol. The van der Waals surface area contributed by atoms with Crippen LogP contribution in [0.3, 0.4) is 0 Å². The van der Waals surface area contributed by atoms with Crippen LogP contribution in [0.2, 0.25) is 0 Å². The second kappa shape index (κ2) is 9.34. The van der Waals surface area contributed by atoms with Gasteiger partial charge >= 0.3 is 17.9 Å². The van der Waals surface area contributed by atoms with Crippen LogP contribution >= 0.6 is 46.6 Å². The van der Waals surface area contributed by atoms with Gasteiger partial charge in [0.15, 0.2) is 23.7 Å². The lowest BCUT2D eigenvalue weighted by molar-refractivity contribution is -0.189. The van der Waals surface area contributed by atoms with Crippen LogP contribution in [-0.2, 0) is 33.3 Å². The summed E-state index contributed by atoms with van der Waals surface area (Å²) in [5.74, 6) is -2.68. The van der Waals surface area contributed by atoms with Gasteiger partial charge in [-0.05, 0) is 6.92 Å². The Morgan fingerprint density at radius 1 is 0.846 bits per heavy atom. The van der Waals surface area contributed by atoms with Gasteiger partial charge in [-0.1, -0.05) is 34.8 Å². The zero-order valence-electron chi connectivity index (χ0n) is 14.3. The number of ether oxygens (including phenoxy) is 4. The van der Waals surface area contributed by atoms with Crippen molar-refractivity contribution in [3.63, 3.8) is 0 Å². The molecule has 5 atom stereocenters. The molecule has 8 nitrogen and oxygen atoms in total. The van der Waals surface area contributed by atoms with Crippen molar-refractivity contribution >= 4 is 70.4 Å². The number of rotatable bonds is 4. The highest BCUT2D eigenvalue weighted by Gasteiger charge is 2.52. The van der Waals surface area contributed by atoms with Crippen molar-refractivity contribution in [2.45, 2.75) is 60.5 Å². The van der Waals surface area contributed by atoms with Crippen molar-refractivity contribution < 1.29 is 33.3 Å². The van der Waals surface area contributed by atoms with Crippen LogP contribution in [0, 0.1) is 5.41 Å². The molecule has 0 spiro atoms. The summed E-state index contributed by atoms with van der Waals surface area (Å²) >= 11 is 17.9. The smallest absolute Gasteiger partial charge is 0.303 e. The van der Waals surface area contributed by atoms with Gasteiger partial charge in [0.25, 0.3) is 3.79 Å². The highest BCUT2D eigenvalue weighted by atomic mass is 35.6.